The van der Waals surface area contributed by atoms with Crippen molar-refractivity contribution in [1.29, 1.82) is 0 Å². The predicted molar refractivity (Wildman–Crippen MR) is 75.3 cm³/mol. The fourth-order valence-corrected chi connectivity index (χ4v) is 2.07. The molecule has 1 heterocycles. The van der Waals surface area contributed by atoms with E-state index >= 15 is 0 Å². The Kier molecular flexibility index (Phi) is 5.73. The Bertz CT molecular complexity index is 480. The molecule has 0 unspecified atom stereocenters. The summed E-state index contributed by atoms with van der Waals surface area (Å²) in [6.45, 7) is 8.14. The smallest absolute Gasteiger partial charge is 0.326 e. The van der Waals surface area contributed by atoms with E-state index in [2.05, 4.69) is 10.4 Å². The highest BCUT2D eigenvalue weighted by atomic mass is 16.4. The normalized spacial score (nSPS) is 12.4. The molecule has 20 heavy (non-hydrogen) atoms. The summed E-state index contributed by atoms with van der Waals surface area (Å²) in [5.74, 6) is -1.03. The summed E-state index contributed by atoms with van der Waals surface area (Å²) in [5, 5.41) is 15.9. The van der Waals surface area contributed by atoms with Gasteiger partial charge in [-0.2, -0.15) is 5.10 Å². The molecule has 0 saturated carbocycles. The van der Waals surface area contributed by atoms with Gasteiger partial charge in [-0.25, -0.2) is 4.79 Å². The second-order valence-corrected chi connectivity index (χ2v) is 5.49. The Labute approximate surface area is 119 Å². The first-order valence-electron chi connectivity index (χ1n) is 6.82. The molecule has 0 radical (unpaired) electrons. The molecule has 0 fully saturated rings. The van der Waals surface area contributed by atoms with E-state index in [1.54, 1.807) is 4.68 Å². The molecule has 1 amide bonds. The average Bonchev–Trinajstić information content (AvgIpc) is 2.63. The van der Waals surface area contributed by atoms with Crippen LogP contribution in [0.1, 0.15) is 38.1 Å². The molecule has 0 bridgehead atoms. The number of carboxylic acids is 1. The van der Waals surface area contributed by atoms with Gasteiger partial charge in [-0.3, -0.25) is 9.48 Å². The topological polar surface area (TPSA) is 84.2 Å². The van der Waals surface area contributed by atoms with Crippen molar-refractivity contribution >= 4 is 11.9 Å². The Hall–Kier alpha value is -1.85. The van der Waals surface area contributed by atoms with Gasteiger partial charge in [0.1, 0.15) is 6.04 Å². The van der Waals surface area contributed by atoms with Crippen molar-refractivity contribution in [3.05, 3.63) is 17.5 Å². The molecule has 2 N–H and O–H groups in total. The maximum absolute atomic E-state index is 11.8. The van der Waals surface area contributed by atoms with Crippen LogP contribution in [0, 0.1) is 19.8 Å². The molecule has 0 aromatic carbocycles. The number of hydrogen-bond donors (Lipinski definition) is 2. The minimum atomic E-state index is -0.988. The highest BCUT2D eigenvalue weighted by Crippen LogP contribution is 2.06. The molecule has 0 aliphatic carbocycles. The number of carboxylic acid groups (broad SMARTS) is 1. The number of rotatable bonds is 7. The molecule has 1 rings (SSSR count). The largest absolute Gasteiger partial charge is 0.480 e. The number of nitrogens with one attached hydrogen (secondary N) is 1. The SMILES string of the molecule is Cc1cc(C)n(CCC(=O)N[C@@H](CC(C)C)C(=O)O)n1. The molecule has 6 nitrogen and oxygen atoms in total. The summed E-state index contributed by atoms with van der Waals surface area (Å²) in [4.78, 5) is 22.9. The van der Waals surface area contributed by atoms with Gasteiger partial charge >= 0.3 is 5.97 Å². The van der Waals surface area contributed by atoms with Crippen molar-refractivity contribution < 1.29 is 14.7 Å². The van der Waals surface area contributed by atoms with Crippen LogP contribution in [-0.4, -0.2) is 32.8 Å². The van der Waals surface area contributed by atoms with Crippen molar-refractivity contribution in [2.24, 2.45) is 5.92 Å². The van der Waals surface area contributed by atoms with Crippen LogP contribution < -0.4 is 5.32 Å². The van der Waals surface area contributed by atoms with Gasteiger partial charge in [0.25, 0.3) is 0 Å². The number of aliphatic carboxylic acids is 1. The molecule has 1 aromatic rings. The Morgan fingerprint density at radius 1 is 1.40 bits per heavy atom. The van der Waals surface area contributed by atoms with Crippen LogP contribution in [0.5, 0.6) is 0 Å². The lowest BCUT2D eigenvalue weighted by Gasteiger charge is -2.16. The molecule has 6 heteroatoms. The van der Waals surface area contributed by atoms with E-state index in [0.717, 1.165) is 11.4 Å². The van der Waals surface area contributed by atoms with Crippen LogP contribution in [0.2, 0.25) is 0 Å². The van der Waals surface area contributed by atoms with E-state index in [9.17, 15) is 9.59 Å². The van der Waals surface area contributed by atoms with E-state index in [1.165, 1.54) is 0 Å². The monoisotopic (exact) mass is 281 g/mol. The molecule has 0 aliphatic rings. The van der Waals surface area contributed by atoms with Crippen molar-refractivity contribution in [2.45, 2.75) is 53.1 Å². The summed E-state index contributed by atoms with van der Waals surface area (Å²) in [6, 6.07) is 1.12. The minimum Gasteiger partial charge on any atom is -0.480 e. The second kappa shape index (κ2) is 7.07. The molecule has 0 aliphatic heterocycles. The highest BCUT2D eigenvalue weighted by molar-refractivity contribution is 5.83. The summed E-state index contributed by atoms with van der Waals surface area (Å²) in [7, 11) is 0. The molecule has 1 aromatic heterocycles. The fraction of sp³-hybridized carbons (Fsp3) is 0.643. The van der Waals surface area contributed by atoms with Gasteiger partial charge in [0.05, 0.1) is 5.69 Å². The minimum absolute atomic E-state index is 0.215. The lowest BCUT2D eigenvalue weighted by molar-refractivity contribution is -0.142. The molecule has 1 atom stereocenters. The van der Waals surface area contributed by atoms with Gasteiger partial charge in [0, 0.05) is 18.7 Å². The van der Waals surface area contributed by atoms with E-state index in [1.807, 2.05) is 33.8 Å². The first-order chi connectivity index (χ1) is 9.29. The van der Waals surface area contributed by atoms with Gasteiger partial charge in [0.15, 0.2) is 0 Å². The van der Waals surface area contributed by atoms with Crippen LogP contribution in [0.25, 0.3) is 0 Å². The molecular formula is C14H23N3O3. The number of carbonyl (C=O) groups excluding carboxylic acids is 1. The maximum Gasteiger partial charge on any atom is 0.326 e. The van der Waals surface area contributed by atoms with Gasteiger partial charge in [-0.1, -0.05) is 13.8 Å². The zero-order chi connectivity index (χ0) is 15.3. The zero-order valence-corrected chi connectivity index (χ0v) is 12.5. The van der Waals surface area contributed by atoms with Crippen LogP contribution in [0.3, 0.4) is 0 Å². The Morgan fingerprint density at radius 2 is 2.05 bits per heavy atom. The van der Waals surface area contributed by atoms with Crippen molar-refractivity contribution in [2.75, 3.05) is 0 Å². The van der Waals surface area contributed by atoms with Crippen molar-refractivity contribution in [3.8, 4) is 0 Å². The van der Waals surface area contributed by atoms with E-state index in [0.29, 0.717) is 13.0 Å². The first-order valence-corrected chi connectivity index (χ1v) is 6.82. The third kappa shape index (κ3) is 5.03. The molecule has 0 saturated heterocycles. The lowest BCUT2D eigenvalue weighted by Crippen LogP contribution is -2.41. The third-order valence-corrected chi connectivity index (χ3v) is 2.99. The van der Waals surface area contributed by atoms with Crippen LogP contribution in [0.4, 0.5) is 0 Å². The third-order valence-electron chi connectivity index (χ3n) is 2.99. The van der Waals surface area contributed by atoms with E-state index < -0.39 is 12.0 Å². The van der Waals surface area contributed by atoms with E-state index in [4.69, 9.17) is 5.11 Å². The predicted octanol–water partition coefficient (Wildman–Crippen LogP) is 1.51. The van der Waals surface area contributed by atoms with Crippen molar-refractivity contribution in [3.63, 3.8) is 0 Å². The number of nitrogens with zero attached hydrogens (tertiary/aromatic N) is 2. The standard InChI is InChI=1S/C14H23N3O3/c1-9(2)7-12(14(19)20)15-13(18)5-6-17-11(4)8-10(3)16-17/h8-9,12H,5-7H2,1-4H3,(H,15,18)(H,19,20)/t12-/m0/s1. The summed E-state index contributed by atoms with van der Waals surface area (Å²) in [5.41, 5.74) is 1.90. The van der Waals surface area contributed by atoms with Gasteiger partial charge in [-0.05, 0) is 32.3 Å². The van der Waals surface area contributed by atoms with E-state index in [-0.39, 0.29) is 18.2 Å². The Morgan fingerprint density at radius 3 is 2.50 bits per heavy atom. The Balaban J connectivity index is 2.50. The highest BCUT2D eigenvalue weighted by Gasteiger charge is 2.20. The van der Waals surface area contributed by atoms with Crippen LogP contribution in [0.15, 0.2) is 6.07 Å². The average molecular weight is 281 g/mol. The molecular weight excluding hydrogens is 258 g/mol. The van der Waals surface area contributed by atoms with Crippen LogP contribution >= 0.6 is 0 Å². The number of aromatic nitrogens is 2. The zero-order valence-electron chi connectivity index (χ0n) is 12.5. The first kappa shape index (κ1) is 16.2. The maximum atomic E-state index is 11.8. The number of carbonyl (C=O) groups is 2. The summed E-state index contributed by atoms with van der Waals surface area (Å²) >= 11 is 0. The fourth-order valence-electron chi connectivity index (χ4n) is 2.07. The number of aryl methyl sites for hydroxylation is 3. The summed E-state index contributed by atoms with van der Waals surface area (Å²) < 4.78 is 1.76. The van der Waals surface area contributed by atoms with Crippen LogP contribution in [-0.2, 0) is 16.1 Å². The van der Waals surface area contributed by atoms with Crippen molar-refractivity contribution in [1.82, 2.24) is 15.1 Å². The number of hydrogen-bond acceptors (Lipinski definition) is 3. The van der Waals surface area contributed by atoms with Gasteiger partial charge in [0.2, 0.25) is 5.91 Å². The molecule has 0 spiro atoms. The van der Waals surface area contributed by atoms with Gasteiger partial charge < -0.3 is 10.4 Å². The lowest BCUT2D eigenvalue weighted by atomic mass is 10.0. The summed E-state index contributed by atoms with van der Waals surface area (Å²) in [6.07, 6.45) is 0.658. The molecule has 112 valence electrons. The number of amides is 1. The second-order valence-electron chi connectivity index (χ2n) is 5.49. The quantitative estimate of drug-likeness (QED) is 0.793. The van der Waals surface area contributed by atoms with Gasteiger partial charge in [-0.15, -0.1) is 0 Å².